The maximum absolute atomic E-state index is 11.1. The van der Waals surface area contributed by atoms with Crippen LogP contribution in [0.2, 0.25) is 0 Å². The van der Waals surface area contributed by atoms with Crippen molar-refractivity contribution in [2.75, 3.05) is 46.4 Å². The number of carbonyl (C=O) groups excluding carboxylic acids is 1. The van der Waals surface area contributed by atoms with Crippen LogP contribution in [0.4, 0.5) is 0 Å². The SMILES string of the molecule is COC(=O)CCCCCNC(=S)N1CCN(C/C=C/c2ccccc2)CC1. The smallest absolute Gasteiger partial charge is 0.305 e. The van der Waals surface area contributed by atoms with Gasteiger partial charge in [-0.1, -0.05) is 48.9 Å². The zero-order valence-corrected chi connectivity index (χ0v) is 17.0. The van der Waals surface area contributed by atoms with E-state index in [4.69, 9.17) is 12.2 Å². The van der Waals surface area contributed by atoms with Crippen LogP contribution in [0.3, 0.4) is 0 Å². The van der Waals surface area contributed by atoms with E-state index in [0.717, 1.165) is 63.6 Å². The van der Waals surface area contributed by atoms with E-state index in [1.54, 1.807) is 0 Å². The fourth-order valence-electron chi connectivity index (χ4n) is 3.02. The van der Waals surface area contributed by atoms with Gasteiger partial charge in [0.05, 0.1) is 7.11 Å². The Labute approximate surface area is 168 Å². The number of nitrogens with zero attached hydrogens (tertiary/aromatic N) is 2. The fourth-order valence-corrected chi connectivity index (χ4v) is 3.30. The highest BCUT2D eigenvalue weighted by molar-refractivity contribution is 7.80. The number of piperazine rings is 1. The number of carbonyl (C=O) groups is 1. The number of rotatable bonds is 9. The lowest BCUT2D eigenvalue weighted by atomic mass is 10.2. The van der Waals surface area contributed by atoms with Crippen molar-refractivity contribution in [3.8, 4) is 0 Å². The lowest BCUT2D eigenvalue weighted by Crippen LogP contribution is -2.51. The van der Waals surface area contributed by atoms with Crippen LogP contribution < -0.4 is 5.32 Å². The van der Waals surface area contributed by atoms with Gasteiger partial charge in [0, 0.05) is 45.7 Å². The monoisotopic (exact) mass is 389 g/mol. The standard InChI is InChI=1S/C21H31N3O2S/c1-26-20(25)12-6-3-7-13-22-21(27)24-17-15-23(16-18-24)14-8-11-19-9-4-2-5-10-19/h2,4-5,8-11H,3,6-7,12-18H2,1H3,(H,22,27)/b11-8+. The van der Waals surface area contributed by atoms with Crippen LogP contribution in [0.25, 0.3) is 6.08 Å². The van der Waals surface area contributed by atoms with Gasteiger partial charge in [0.1, 0.15) is 0 Å². The summed E-state index contributed by atoms with van der Waals surface area (Å²) < 4.78 is 4.64. The predicted molar refractivity (Wildman–Crippen MR) is 115 cm³/mol. The van der Waals surface area contributed by atoms with Gasteiger partial charge in [-0.3, -0.25) is 9.69 Å². The number of benzene rings is 1. The molecular weight excluding hydrogens is 358 g/mol. The molecule has 0 spiro atoms. The van der Waals surface area contributed by atoms with Crippen LogP contribution in [0.5, 0.6) is 0 Å². The van der Waals surface area contributed by atoms with Gasteiger partial charge in [0.2, 0.25) is 0 Å². The molecule has 148 valence electrons. The van der Waals surface area contributed by atoms with Gasteiger partial charge >= 0.3 is 5.97 Å². The average molecular weight is 390 g/mol. The van der Waals surface area contributed by atoms with Gasteiger partial charge in [-0.2, -0.15) is 0 Å². The maximum Gasteiger partial charge on any atom is 0.305 e. The number of methoxy groups -OCH3 is 1. The number of ether oxygens (including phenoxy) is 1. The second-order valence-electron chi connectivity index (χ2n) is 6.72. The molecule has 1 fully saturated rings. The Morgan fingerprint density at radius 2 is 1.89 bits per heavy atom. The van der Waals surface area contributed by atoms with Gasteiger partial charge in [0.15, 0.2) is 5.11 Å². The van der Waals surface area contributed by atoms with Crippen LogP contribution in [0.15, 0.2) is 36.4 Å². The topological polar surface area (TPSA) is 44.8 Å². The highest BCUT2D eigenvalue weighted by Crippen LogP contribution is 2.05. The van der Waals surface area contributed by atoms with Gasteiger partial charge < -0.3 is 15.0 Å². The zero-order valence-electron chi connectivity index (χ0n) is 16.2. The third kappa shape index (κ3) is 8.54. The summed E-state index contributed by atoms with van der Waals surface area (Å²) in [5.74, 6) is -0.130. The van der Waals surface area contributed by atoms with E-state index in [1.807, 2.05) is 6.07 Å². The van der Waals surface area contributed by atoms with E-state index in [0.29, 0.717) is 6.42 Å². The molecular formula is C21H31N3O2S. The minimum atomic E-state index is -0.130. The molecule has 1 aromatic rings. The highest BCUT2D eigenvalue weighted by Gasteiger charge is 2.17. The average Bonchev–Trinajstić information content (AvgIpc) is 2.71. The summed E-state index contributed by atoms with van der Waals surface area (Å²) in [5.41, 5.74) is 1.24. The summed E-state index contributed by atoms with van der Waals surface area (Å²) in [5, 5.41) is 4.19. The van der Waals surface area contributed by atoms with Crippen molar-refractivity contribution < 1.29 is 9.53 Å². The van der Waals surface area contributed by atoms with E-state index in [9.17, 15) is 4.79 Å². The Kier molecular flexibility index (Phi) is 9.87. The van der Waals surface area contributed by atoms with Crippen molar-refractivity contribution in [1.82, 2.24) is 15.1 Å². The summed E-state index contributed by atoms with van der Waals surface area (Å²) in [7, 11) is 1.43. The van der Waals surface area contributed by atoms with Crippen molar-refractivity contribution >= 4 is 29.4 Å². The Hall–Kier alpha value is -1.92. The normalized spacial score (nSPS) is 15.1. The molecule has 0 atom stereocenters. The first-order valence-electron chi connectivity index (χ1n) is 9.72. The summed E-state index contributed by atoms with van der Waals surface area (Å²) in [6, 6.07) is 10.4. The fraction of sp³-hybridized carbons (Fsp3) is 0.524. The minimum absolute atomic E-state index is 0.130. The Balaban J connectivity index is 1.55. The molecule has 1 saturated heterocycles. The Morgan fingerprint density at radius 3 is 2.59 bits per heavy atom. The molecule has 0 saturated carbocycles. The van der Waals surface area contributed by atoms with E-state index < -0.39 is 0 Å². The molecule has 0 amide bonds. The summed E-state index contributed by atoms with van der Waals surface area (Å²) in [6.07, 6.45) is 7.81. The molecule has 0 bridgehead atoms. The van der Waals surface area contributed by atoms with Crippen LogP contribution in [-0.4, -0.2) is 67.3 Å². The first-order chi connectivity index (χ1) is 13.2. The van der Waals surface area contributed by atoms with Crippen molar-refractivity contribution in [3.05, 3.63) is 42.0 Å². The maximum atomic E-state index is 11.1. The third-order valence-electron chi connectivity index (χ3n) is 4.69. The van der Waals surface area contributed by atoms with Crippen molar-refractivity contribution in [2.45, 2.75) is 25.7 Å². The molecule has 27 heavy (non-hydrogen) atoms. The lowest BCUT2D eigenvalue weighted by molar-refractivity contribution is -0.140. The molecule has 1 heterocycles. The number of nitrogens with one attached hydrogen (secondary N) is 1. The minimum Gasteiger partial charge on any atom is -0.469 e. The van der Waals surface area contributed by atoms with Gasteiger partial charge in [0.25, 0.3) is 0 Å². The van der Waals surface area contributed by atoms with Crippen molar-refractivity contribution in [3.63, 3.8) is 0 Å². The van der Waals surface area contributed by atoms with Crippen LogP contribution >= 0.6 is 12.2 Å². The molecule has 5 nitrogen and oxygen atoms in total. The molecule has 0 aromatic heterocycles. The predicted octanol–water partition coefficient (Wildman–Crippen LogP) is 2.93. The van der Waals surface area contributed by atoms with Crippen LogP contribution in [-0.2, 0) is 9.53 Å². The second-order valence-corrected chi connectivity index (χ2v) is 7.11. The van der Waals surface area contributed by atoms with Crippen LogP contribution in [0, 0.1) is 0 Å². The second kappa shape index (κ2) is 12.5. The van der Waals surface area contributed by atoms with Gasteiger partial charge in [-0.05, 0) is 30.6 Å². The number of hydrogen-bond donors (Lipinski definition) is 1. The van der Waals surface area contributed by atoms with E-state index >= 15 is 0 Å². The summed E-state index contributed by atoms with van der Waals surface area (Å²) >= 11 is 5.51. The molecule has 0 aliphatic carbocycles. The Morgan fingerprint density at radius 1 is 1.15 bits per heavy atom. The summed E-state index contributed by atoms with van der Waals surface area (Å²) in [4.78, 5) is 15.8. The highest BCUT2D eigenvalue weighted by atomic mass is 32.1. The number of hydrogen-bond acceptors (Lipinski definition) is 4. The number of thiocarbonyl (C=S) groups is 1. The van der Waals surface area contributed by atoms with E-state index in [-0.39, 0.29) is 5.97 Å². The molecule has 0 unspecified atom stereocenters. The van der Waals surface area contributed by atoms with Crippen molar-refractivity contribution in [1.29, 1.82) is 0 Å². The molecule has 6 heteroatoms. The van der Waals surface area contributed by atoms with Gasteiger partial charge in [-0.25, -0.2) is 0 Å². The number of unbranched alkanes of at least 4 members (excludes halogenated alkanes) is 2. The van der Waals surface area contributed by atoms with Crippen LogP contribution in [0.1, 0.15) is 31.2 Å². The molecule has 1 aliphatic rings. The van der Waals surface area contributed by atoms with Gasteiger partial charge in [-0.15, -0.1) is 0 Å². The molecule has 0 radical (unpaired) electrons. The lowest BCUT2D eigenvalue weighted by Gasteiger charge is -2.35. The first-order valence-corrected chi connectivity index (χ1v) is 10.1. The van der Waals surface area contributed by atoms with E-state index in [2.05, 4.69) is 56.3 Å². The van der Waals surface area contributed by atoms with Crippen molar-refractivity contribution in [2.24, 2.45) is 0 Å². The summed E-state index contributed by atoms with van der Waals surface area (Å²) in [6.45, 7) is 5.82. The largest absolute Gasteiger partial charge is 0.469 e. The molecule has 2 rings (SSSR count). The number of esters is 1. The zero-order chi connectivity index (χ0) is 19.3. The molecule has 1 aromatic carbocycles. The third-order valence-corrected chi connectivity index (χ3v) is 5.10. The quantitative estimate of drug-likeness (QED) is 0.398. The Bertz CT molecular complexity index is 599. The molecule has 1 N–H and O–H groups in total. The first kappa shape index (κ1) is 21.4. The molecule has 1 aliphatic heterocycles. The van der Waals surface area contributed by atoms with E-state index in [1.165, 1.54) is 12.7 Å².